The van der Waals surface area contributed by atoms with Crippen LogP contribution in [0.15, 0.2) is 24.4 Å². The summed E-state index contributed by atoms with van der Waals surface area (Å²) in [5, 5.41) is 10.6. The number of nitrogens with one attached hydrogen (secondary N) is 1. The maximum Gasteiger partial charge on any atom is 0.276 e. The minimum atomic E-state index is -0.665. The van der Waals surface area contributed by atoms with Crippen molar-refractivity contribution in [3.8, 4) is 5.69 Å². The summed E-state index contributed by atoms with van der Waals surface area (Å²) in [6, 6.07) is 4.60. The van der Waals surface area contributed by atoms with Crippen molar-refractivity contribution in [2.24, 2.45) is 0 Å². The van der Waals surface area contributed by atoms with Gasteiger partial charge in [0.1, 0.15) is 6.04 Å². The van der Waals surface area contributed by atoms with Crippen LogP contribution in [0.3, 0.4) is 0 Å². The molecule has 4 aliphatic rings. The zero-order chi connectivity index (χ0) is 24.2. The molecular formula is C23H24N6O5S. The number of piperidine rings is 1. The number of amides is 4. The molecule has 3 fully saturated rings. The lowest BCUT2D eigenvalue weighted by Gasteiger charge is -2.39. The molecule has 0 aliphatic carbocycles. The first-order valence-electron chi connectivity index (χ1n) is 11.6. The smallest absolute Gasteiger partial charge is 0.276 e. The lowest BCUT2D eigenvalue weighted by Crippen LogP contribution is -2.53. The first kappa shape index (κ1) is 22.2. The molecule has 1 spiro atoms. The average molecular weight is 497 g/mol. The highest BCUT2D eigenvalue weighted by Crippen LogP contribution is 2.34. The largest absolute Gasteiger partial charge is 0.370 e. The number of carbonyl (C=O) groups excluding carboxylic acids is 4. The standard InChI is InChI=1S/C23H24N6O5S/c30-19-4-3-18(20(31)24-19)28-10-14-9-15(1-2-16(14)21(28)32)29-11-17(25-26-29)22(33)27-6-7-34-23(12-27)5-8-35-13-23/h1-2,9,11,18H,3-8,10,12-13H2,(H,24,30,31). The van der Waals surface area contributed by atoms with Gasteiger partial charge in [-0.25, -0.2) is 4.68 Å². The molecule has 4 amide bonds. The van der Waals surface area contributed by atoms with E-state index in [-0.39, 0.29) is 42.0 Å². The maximum atomic E-state index is 13.1. The Balaban J connectivity index is 1.18. The predicted octanol–water partition coefficient (Wildman–Crippen LogP) is 0.376. The summed E-state index contributed by atoms with van der Waals surface area (Å²) in [6.07, 6.45) is 3.07. The summed E-state index contributed by atoms with van der Waals surface area (Å²) in [4.78, 5) is 53.1. The number of hydrogen-bond donors (Lipinski definition) is 1. The minimum absolute atomic E-state index is 0.170. The highest BCUT2D eigenvalue weighted by atomic mass is 32.2. The molecular weight excluding hydrogens is 472 g/mol. The Hall–Kier alpha value is -3.25. The normalized spacial score (nSPS) is 26.4. The van der Waals surface area contributed by atoms with Gasteiger partial charge in [0.25, 0.3) is 11.8 Å². The molecule has 2 unspecified atom stereocenters. The minimum Gasteiger partial charge on any atom is -0.370 e. The highest BCUT2D eigenvalue weighted by Gasteiger charge is 2.42. The number of aromatic nitrogens is 3. The van der Waals surface area contributed by atoms with Crippen molar-refractivity contribution in [1.29, 1.82) is 0 Å². The number of benzene rings is 1. The molecule has 4 aliphatic heterocycles. The number of morpholine rings is 1. The molecule has 0 radical (unpaired) electrons. The Morgan fingerprint density at radius 1 is 1.26 bits per heavy atom. The van der Waals surface area contributed by atoms with Crippen molar-refractivity contribution in [1.82, 2.24) is 30.1 Å². The van der Waals surface area contributed by atoms with Crippen LogP contribution in [0.1, 0.15) is 45.7 Å². The second kappa shape index (κ2) is 8.45. The fourth-order valence-electron chi connectivity index (χ4n) is 5.20. The molecule has 182 valence electrons. The molecule has 12 heteroatoms. The summed E-state index contributed by atoms with van der Waals surface area (Å²) in [6.45, 7) is 1.86. The fraction of sp³-hybridized carbons (Fsp3) is 0.478. The molecule has 6 rings (SSSR count). The van der Waals surface area contributed by atoms with Gasteiger partial charge in [0.15, 0.2) is 5.69 Å². The second-order valence-electron chi connectivity index (χ2n) is 9.35. The molecule has 1 N–H and O–H groups in total. The van der Waals surface area contributed by atoms with Gasteiger partial charge in [-0.1, -0.05) is 5.21 Å². The van der Waals surface area contributed by atoms with Gasteiger partial charge in [-0.3, -0.25) is 24.5 Å². The molecule has 0 bridgehead atoms. The first-order valence-corrected chi connectivity index (χ1v) is 12.8. The Labute approximate surface area is 205 Å². The number of imide groups is 1. The van der Waals surface area contributed by atoms with Gasteiger partial charge in [-0.15, -0.1) is 5.10 Å². The monoisotopic (exact) mass is 496 g/mol. The Morgan fingerprint density at radius 2 is 2.14 bits per heavy atom. The highest BCUT2D eigenvalue weighted by molar-refractivity contribution is 7.99. The average Bonchev–Trinajstić information content (AvgIpc) is 3.59. The summed E-state index contributed by atoms with van der Waals surface area (Å²) in [5.41, 5.74) is 1.95. The van der Waals surface area contributed by atoms with Crippen LogP contribution in [-0.4, -0.2) is 91.3 Å². The third-order valence-electron chi connectivity index (χ3n) is 7.09. The van der Waals surface area contributed by atoms with E-state index in [1.54, 1.807) is 23.2 Å². The van der Waals surface area contributed by atoms with E-state index in [0.717, 1.165) is 23.5 Å². The Bertz CT molecular complexity index is 1240. The quantitative estimate of drug-likeness (QED) is 0.605. The number of ether oxygens (including phenoxy) is 1. The van der Waals surface area contributed by atoms with Crippen molar-refractivity contribution in [2.45, 2.75) is 37.5 Å². The molecule has 11 nitrogen and oxygen atoms in total. The Morgan fingerprint density at radius 3 is 2.94 bits per heavy atom. The van der Waals surface area contributed by atoms with Crippen molar-refractivity contribution < 1.29 is 23.9 Å². The van der Waals surface area contributed by atoms with Gasteiger partial charge in [0.2, 0.25) is 11.8 Å². The SMILES string of the molecule is O=C1CCC(N2Cc3cc(-n4cc(C(=O)N5CCOC6(CCSC6)C5)nn4)ccc3C2=O)C(=O)N1. The van der Waals surface area contributed by atoms with Crippen LogP contribution in [0.2, 0.25) is 0 Å². The van der Waals surface area contributed by atoms with E-state index in [9.17, 15) is 19.2 Å². The van der Waals surface area contributed by atoms with E-state index >= 15 is 0 Å². The van der Waals surface area contributed by atoms with Gasteiger partial charge in [-0.05, 0) is 42.4 Å². The summed E-state index contributed by atoms with van der Waals surface area (Å²) < 4.78 is 7.53. The number of nitrogens with zero attached hydrogens (tertiary/aromatic N) is 5. The van der Waals surface area contributed by atoms with Crippen LogP contribution in [0.5, 0.6) is 0 Å². The lowest BCUT2D eigenvalue weighted by molar-refractivity contribution is -0.136. The Kier molecular flexibility index (Phi) is 5.37. The molecule has 5 heterocycles. The fourth-order valence-corrected chi connectivity index (χ4v) is 6.55. The van der Waals surface area contributed by atoms with Crippen molar-refractivity contribution in [3.05, 3.63) is 41.2 Å². The van der Waals surface area contributed by atoms with E-state index in [1.807, 2.05) is 17.8 Å². The summed E-state index contributed by atoms with van der Waals surface area (Å²) in [7, 11) is 0. The van der Waals surface area contributed by atoms with Crippen LogP contribution < -0.4 is 5.32 Å². The van der Waals surface area contributed by atoms with Gasteiger partial charge < -0.3 is 14.5 Å². The van der Waals surface area contributed by atoms with E-state index in [1.165, 1.54) is 9.58 Å². The van der Waals surface area contributed by atoms with E-state index in [4.69, 9.17) is 4.74 Å². The van der Waals surface area contributed by atoms with Crippen molar-refractivity contribution in [2.75, 3.05) is 31.2 Å². The number of carbonyl (C=O) groups is 4. The zero-order valence-electron chi connectivity index (χ0n) is 18.9. The summed E-state index contributed by atoms with van der Waals surface area (Å²) >= 11 is 1.85. The maximum absolute atomic E-state index is 13.1. The van der Waals surface area contributed by atoms with Gasteiger partial charge in [0, 0.05) is 30.8 Å². The van der Waals surface area contributed by atoms with E-state index in [2.05, 4.69) is 15.6 Å². The van der Waals surface area contributed by atoms with Gasteiger partial charge >= 0.3 is 0 Å². The lowest BCUT2D eigenvalue weighted by atomic mass is 10.0. The molecule has 1 aromatic carbocycles. The number of fused-ring (bicyclic) bond motifs is 1. The third kappa shape index (κ3) is 3.90. The summed E-state index contributed by atoms with van der Waals surface area (Å²) in [5.74, 6) is 0.775. The first-order chi connectivity index (χ1) is 16.9. The second-order valence-corrected chi connectivity index (χ2v) is 10.5. The van der Waals surface area contributed by atoms with Crippen LogP contribution in [0.25, 0.3) is 5.69 Å². The molecule has 35 heavy (non-hydrogen) atoms. The van der Waals surface area contributed by atoms with Crippen LogP contribution in [0, 0.1) is 0 Å². The number of thioether (sulfide) groups is 1. The molecule has 0 saturated carbocycles. The van der Waals surface area contributed by atoms with E-state index < -0.39 is 11.9 Å². The van der Waals surface area contributed by atoms with Gasteiger partial charge in [0.05, 0.1) is 30.6 Å². The van der Waals surface area contributed by atoms with Crippen molar-refractivity contribution in [3.63, 3.8) is 0 Å². The van der Waals surface area contributed by atoms with Crippen molar-refractivity contribution >= 4 is 35.4 Å². The number of hydrogen-bond acceptors (Lipinski definition) is 8. The van der Waals surface area contributed by atoms with E-state index in [0.29, 0.717) is 37.4 Å². The third-order valence-corrected chi connectivity index (χ3v) is 8.31. The van der Waals surface area contributed by atoms with Gasteiger partial charge in [-0.2, -0.15) is 11.8 Å². The van der Waals surface area contributed by atoms with Crippen LogP contribution >= 0.6 is 11.8 Å². The topological polar surface area (TPSA) is 127 Å². The van der Waals surface area contributed by atoms with Crippen LogP contribution in [0.4, 0.5) is 0 Å². The molecule has 1 aromatic heterocycles. The molecule has 3 saturated heterocycles. The molecule has 2 atom stereocenters. The van der Waals surface area contributed by atoms with Crippen LogP contribution in [-0.2, 0) is 20.9 Å². The zero-order valence-corrected chi connectivity index (χ0v) is 19.8. The number of rotatable bonds is 3. The molecule has 2 aromatic rings. The predicted molar refractivity (Wildman–Crippen MR) is 124 cm³/mol.